The molecule has 2 amide bonds. The van der Waals surface area contributed by atoms with E-state index < -0.39 is 16.1 Å². The summed E-state index contributed by atoms with van der Waals surface area (Å²) >= 11 is 0. The van der Waals surface area contributed by atoms with Crippen LogP contribution in [-0.4, -0.2) is 50.9 Å². The second-order valence-electron chi connectivity index (χ2n) is 9.52. The normalized spacial score (nSPS) is 14.6. The molecule has 37 heavy (non-hydrogen) atoms. The average Bonchev–Trinajstić information content (AvgIpc) is 3.09. The molecule has 9 heteroatoms. The van der Waals surface area contributed by atoms with E-state index in [-0.39, 0.29) is 37.4 Å². The van der Waals surface area contributed by atoms with Crippen LogP contribution in [0.25, 0.3) is 10.8 Å². The van der Waals surface area contributed by atoms with Gasteiger partial charge in [-0.1, -0.05) is 36.4 Å². The summed E-state index contributed by atoms with van der Waals surface area (Å²) in [7, 11) is -2.11. The highest BCUT2D eigenvalue weighted by Crippen LogP contribution is 2.42. The van der Waals surface area contributed by atoms with Crippen LogP contribution < -0.4 is 14.4 Å². The van der Waals surface area contributed by atoms with Crippen molar-refractivity contribution in [1.29, 1.82) is 0 Å². The molecule has 0 aliphatic carbocycles. The third kappa shape index (κ3) is 5.41. The molecule has 1 atom stereocenters. The zero-order chi connectivity index (χ0) is 26.7. The fourth-order valence-electron chi connectivity index (χ4n) is 4.67. The van der Waals surface area contributed by atoms with E-state index in [9.17, 15) is 18.0 Å². The van der Waals surface area contributed by atoms with Gasteiger partial charge in [0.05, 0.1) is 17.7 Å². The lowest BCUT2D eigenvalue weighted by atomic mass is 10.1. The maximum absolute atomic E-state index is 13.4. The second-order valence-corrected chi connectivity index (χ2v) is 11.4. The number of sulfonamides is 1. The molecule has 0 bridgehead atoms. The first-order valence-electron chi connectivity index (χ1n) is 12.4. The van der Waals surface area contributed by atoms with Crippen molar-refractivity contribution in [2.45, 2.75) is 57.1 Å². The van der Waals surface area contributed by atoms with Crippen LogP contribution in [0, 0.1) is 0 Å². The maximum atomic E-state index is 13.4. The Bertz CT molecular complexity index is 1420. The average molecular weight is 524 g/mol. The van der Waals surface area contributed by atoms with Crippen molar-refractivity contribution in [2.75, 3.05) is 18.0 Å². The lowest BCUT2D eigenvalue weighted by Crippen LogP contribution is -2.49. The Morgan fingerprint density at radius 3 is 2.43 bits per heavy atom. The number of methoxy groups -OCH3 is 1. The fraction of sp³-hybridized carbons (Fsp3) is 0.357. The van der Waals surface area contributed by atoms with E-state index in [1.54, 1.807) is 37.1 Å². The zero-order valence-electron chi connectivity index (χ0n) is 21.6. The van der Waals surface area contributed by atoms with Gasteiger partial charge in [-0.3, -0.25) is 13.9 Å². The Labute approximate surface area is 218 Å². The van der Waals surface area contributed by atoms with E-state index in [0.29, 0.717) is 22.8 Å². The van der Waals surface area contributed by atoms with Crippen LogP contribution in [0.15, 0.2) is 65.6 Å². The number of hydrogen-bond acceptors (Lipinski definition) is 5. The van der Waals surface area contributed by atoms with Gasteiger partial charge in [-0.15, -0.1) is 0 Å². The minimum Gasteiger partial charge on any atom is -0.497 e. The number of hydrogen-bond donors (Lipinski definition) is 1. The minimum absolute atomic E-state index is 0.0616. The van der Waals surface area contributed by atoms with Crippen LogP contribution in [0.5, 0.6) is 5.75 Å². The van der Waals surface area contributed by atoms with Crippen molar-refractivity contribution in [3.63, 3.8) is 0 Å². The van der Waals surface area contributed by atoms with E-state index >= 15 is 0 Å². The summed E-state index contributed by atoms with van der Waals surface area (Å²) in [6, 6.07) is 17.4. The number of ether oxygens (including phenoxy) is 1. The summed E-state index contributed by atoms with van der Waals surface area (Å²) in [6.07, 6.45) is 0.414. The van der Waals surface area contributed by atoms with Gasteiger partial charge in [-0.25, -0.2) is 8.42 Å². The Hall–Kier alpha value is -3.59. The van der Waals surface area contributed by atoms with E-state index in [1.807, 2.05) is 56.3 Å². The van der Waals surface area contributed by atoms with Gasteiger partial charge in [0.2, 0.25) is 11.8 Å². The van der Waals surface area contributed by atoms with Crippen LogP contribution in [0.1, 0.15) is 39.2 Å². The molecule has 0 fully saturated rings. The smallest absolute Gasteiger partial charge is 0.265 e. The Morgan fingerprint density at radius 2 is 1.73 bits per heavy atom. The number of nitrogens with zero attached hydrogens (tertiary/aromatic N) is 2. The molecular formula is C28H33N3O5S. The van der Waals surface area contributed by atoms with Crippen LogP contribution in [0.2, 0.25) is 0 Å². The van der Waals surface area contributed by atoms with Crippen molar-refractivity contribution >= 4 is 38.3 Å². The van der Waals surface area contributed by atoms with Gasteiger partial charge < -0.3 is 15.0 Å². The van der Waals surface area contributed by atoms with Crippen molar-refractivity contribution in [2.24, 2.45) is 0 Å². The number of nitrogens with one attached hydrogen (secondary N) is 1. The number of anilines is 1. The fourth-order valence-corrected chi connectivity index (χ4v) is 6.42. The largest absolute Gasteiger partial charge is 0.497 e. The summed E-state index contributed by atoms with van der Waals surface area (Å²) in [5.74, 6) is 0.203. The first-order valence-corrected chi connectivity index (χ1v) is 13.8. The third-order valence-corrected chi connectivity index (χ3v) is 8.37. The third-order valence-electron chi connectivity index (χ3n) is 6.52. The van der Waals surface area contributed by atoms with E-state index in [1.165, 1.54) is 4.31 Å². The SMILES string of the molecule is COc1cccc(CN(C(=O)CCCN2c3cccc4cccc(c34)S2(=O)=O)C(C)C(=O)NC(C)C)c1. The Balaban J connectivity index is 1.50. The lowest BCUT2D eigenvalue weighted by molar-refractivity contribution is -0.140. The summed E-state index contributed by atoms with van der Waals surface area (Å²) in [5, 5.41) is 4.46. The molecule has 1 aliphatic heterocycles. The molecule has 1 unspecified atom stereocenters. The van der Waals surface area contributed by atoms with Crippen molar-refractivity contribution in [3.8, 4) is 5.75 Å². The number of rotatable bonds is 10. The summed E-state index contributed by atoms with van der Waals surface area (Å²) in [6.45, 7) is 5.84. The first-order chi connectivity index (χ1) is 17.6. The first kappa shape index (κ1) is 26.5. The maximum Gasteiger partial charge on any atom is 0.265 e. The minimum atomic E-state index is -3.69. The van der Waals surface area contributed by atoms with Crippen molar-refractivity contribution in [1.82, 2.24) is 10.2 Å². The van der Waals surface area contributed by atoms with Crippen LogP contribution in [-0.2, 0) is 26.2 Å². The van der Waals surface area contributed by atoms with Gasteiger partial charge in [0.1, 0.15) is 11.8 Å². The van der Waals surface area contributed by atoms with Gasteiger partial charge >= 0.3 is 0 Å². The molecular weight excluding hydrogens is 490 g/mol. The van der Waals surface area contributed by atoms with Gasteiger partial charge in [-0.05, 0) is 62.4 Å². The molecule has 0 saturated heterocycles. The van der Waals surface area contributed by atoms with Crippen LogP contribution in [0.4, 0.5) is 5.69 Å². The predicted octanol–water partition coefficient (Wildman–Crippen LogP) is 4.08. The lowest BCUT2D eigenvalue weighted by Gasteiger charge is -2.30. The number of carbonyl (C=O) groups is 2. The molecule has 1 heterocycles. The van der Waals surface area contributed by atoms with Crippen molar-refractivity contribution in [3.05, 3.63) is 66.2 Å². The topological polar surface area (TPSA) is 96.0 Å². The van der Waals surface area contributed by atoms with E-state index in [4.69, 9.17) is 4.74 Å². The molecule has 0 saturated carbocycles. The quantitative estimate of drug-likeness (QED) is 0.432. The molecule has 3 aromatic rings. The summed E-state index contributed by atoms with van der Waals surface area (Å²) in [5.41, 5.74) is 1.47. The molecule has 0 spiro atoms. The summed E-state index contributed by atoms with van der Waals surface area (Å²) < 4.78 is 33.2. The molecule has 0 radical (unpaired) electrons. The summed E-state index contributed by atoms with van der Waals surface area (Å²) in [4.78, 5) is 28.1. The van der Waals surface area contributed by atoms with Crippen molar-refractivity contribution < 1.29 is 22.7 Å². The van der Waals surface area contributed by atoms with Gasteiger partial charge in [0.25, 0.3) is 10.0 Å². The highest BCUT2D eigenvalue weighted by molar-refractivity contribution is 7.93. The Morgan fingerprint density at radius 1 is 1.03 bits per heavy atom. The molecule has 3 aromatic carbocycles. The zero-order valence-corrected chi connectivity index (χ0v) is 22.4. The highest BCUT2D eigenvalue weighted by atomic mass is 32.2. The molecule has 0 aromatic heterocycles. The second kappa shape index (κ2) is 10.8. The van der Waals surface area contributed by atoms with Gasteiger partial charge in [0, 0.05) is 30.9 Å². The molecule has 1 aliphatic rings. The van der Waals surface area contributed by atoms with Gasteiger partial charge in [0.15, 0.2) is 0 Å². The van der Waals surface area contributed by atoms with E-state index in [0.717, 1.165) is 16.3 Å². The highest BCUT2D eigenvalue weighted by Gasteiger charge is 2.35. The number of amides is 2. The number of benzene rings is 3. The van der Waals surface area contributed by atoms with Crippen LogP contribution in [0.3, 0.4) is 0 Å². The monoisotopic (exact) mass is 523 g/mol. The molecule has 8 nitrogen and oxygen atoms in total. The standard InChI is InChI=1S/C28H33N3O5S/c1-19(2)29-28(33)20(3)30(18-21-9-5-12-23(17-21)36-4)26(32)15-8-16-31-24-13-6-10-22-11-7-14-25(27(22)24)37(31,34)35/h5-7,9-14,17,19-20H,8,15-16,18H2,1-4H3,(H,29,33). The van der Waals surface area contributed by atoms with Gasteiger partial charge in [-0.2, -0.15) is 0 Å². The predicted molar refractivity (Wildman–Crippen MR) is 144 cm³/mol. The van der Waals surface area contributed by atoms with Crippen LogP contribution >= 0.6 is 0 Å². The molecule has 4 rings (SSSR count). The molecule has 1 N–H and O–H groups in total. The Kier molecular flexibility index (Phi) is 7.73. The van der Waals surface area contributed by atoms with E-state index in [2.05, 4.69) is 5.32 Å². The molecule has 196 valence electrons. The number of carbonyl (C=O) groups excluding carboxylic acids is 2.